The van der Waals surface area contributed by atoms with Crippen molar-refractivity contribution in [2.75, 3.05) is 12.8 Å². The fourth-order valence-corrected chi connectivity index (χ4v) is 3.22. The third kappa shape index (κ3) is 4.76. The summed E-state index contributed by atoms with van der Waals surface area (Å²) in [6.45, 7) is 6.51. The van der Waals surface area contributed by atoms with Gasteiger partial charge in [0.25, 0.3) is 0 Å². The predicted molar refractivity (Wildman–Crippen MR) is 84.5 cm³/mol. The molecule has 1 rings (SSSR count). The standard InChI is InChI=1S/C13H22N2O4S2/c1-5-6-15-8-10(7-11(15)12(16)17)21(18,19)14-9-13(2,3)20-4/h7-8,14H,5-6,9H2,1-4H3,(H,16,17). The molecule has 0 spiro atoms. The number of carboxylic acid groups (broad SMARTS) is 1. The quantitative estimate of drug-likeness (QED) is 0.759. The summed E-state index contributed by atoms with van der Waals surface area (Å²) >= 11 is 1.56. The van der Waals surface area contributed by atoms with Gasteiger partial charge in [0.1, 0.15) is 10.6 Å². The molecule has 0 amide bonds. The highest BCUT2D eigenvalue weighted by molar-refractivity contribution is 8.00. The Kier molecular flexibility index (Phi) is 5.89. The Morgan fingerprint density at radius 1 is 1.48 bits per heavy atom. The zero-order valence-electron chi connectivity index (χ0n) is 12.7. The Hall–Kier alpha value is -0.990. The van der Waals surface area contributed by atoms with Crippen LogP contribution in [0.25, 0.3) is 0 Å². The molecule has 0 radical (unpaired) electrons. The van der Waals surface area contributed by atoms with E-state index in [2.05, 4.69) is 4.72 Å². The van der Waals surface area contributed by atoms with E-state index in [4.69, 9.17) is 5.11 Å². The highest BCUT2D eigenvalue weighted by atomic mass is 32.2. The van der Waals surface area contributed by atoms with Crippen molar-refractivity contribution in [1.82, 2.24) is 9.29 Å². The minimum Gasteiger partial charge on any atom is -0.477 e. The van der Waals surface area contributed by atoms with Gasteiger partial charge in [0.2, 0.25) is 10.0 Å². The van der Waals surface area contributed by atoms with Crippen molar-refractivity contribution < 1.29 is 18.3 Å². The van der Waals surface area contributed by atoms with Gasteiger partial charge in [0.15, 0.2) is 0 Å². The van der Waals surface area contributed by atoms with Crippen molar-refractivity contribution in [2.45, 2.75) is 43.4 Å². The number of hydrogen-bond acceptors (Lipinski definition) is 4. The van der Waals surface area contributed by atoms with Gasteiger partial charge in [0.05, 0.1) is 0 Å². The van der Waals surface area contributed by atoms with Gasteiger partial charge in [-0.3, -0.25) is 0 Å². The normalized spacial score (nSPS) is 12.6. The van der Waals surface area contributed by atoms with Crippen LogP contribution >= 0.6 is 11.8 Å². The Labute approximate surface area is 130 Å². The molecular formula is C13H22N2O4S2. The molecule has 0 aromatic carbocycles. The van der Waals surface area contributed by atoms with Gasteiger partial charge in [-0.15, -0.1) is 0 Å². The number of nitrogens with zero attached hydrogens (tertiary/aromatic N) is 1. The molecule has 0 bridgehead atoms. The molecule has 0 aliphatic heterocycles. The number of rotatable bonds is 8. The molecule has 0 atom stereocenters. The van der Waals surface area contributed by atoms with Gasteiger partial charge < -0.3 is 9.67 Å². The third-order valence-electron chi connectivity index (χ3n) is 3.11. The number of aryl methyl sites for hydroxylation is 1. The van der Waals surface area contributed by atoms with Gasteiger partial charge >= 0.3 is 5.97 Å². The lowest BCUT2D eigenvalue weighted by Crippen LogP contribution is -2.35. The second-order valence-corrected chi connectivity index (χ2v) is 8.63. The average Bonchev–Trinajstić information content (AvgIpc) is 2.82. The Morgan fingerprint density at radius 2 is 2.10 bits per heavy atom. The number of sulfonamides is 1. The Morgan fingerprint density at radius 3 is 2.57 bits per heavy atom. The maximum atomic E-state index is 12.3. The third-order valence-corrected chi connectivity index (χ3v) is 5.72. The first kappa shape index (κ1) is 18.1. The molecule has 0 saturated carbocycles. The molecular weight excluding hydrogens is 312 g/mol. The zero-order chi connectivity index (χ0) is 16.3. The van der Waals surface area contributed by atoms with E-state index in [1.165, 1.54) is 16.8 Å². The van der Waals surface area contributed by atoms with Crippen LogP contribution in [0, 0.1) is 0 Å². The van der Waals surface area contributed by atoms with E-state index in [9.17, 15) is 13.2 Å². The summed E-state index contributed by atoms with van der Waals surface area (Å²) in [5.74, 6) is -1.13. The first-order valence-electron chi connectivity index (χ1n) is 6.61. The van der Waals surface area contributed by atoms with Crippen LogP contribution < -0.4 is 4.72 Å². The molecule has 6 nitrogen and oxygen atoms in total. The molecule has 1 aromatic heterocycles. The van der Waals surface area contributed by atoms with Crippen LogP contribution in [0.1, 0.15) is 37.7 Å². The van der Waals surface area contributed by atoms with Crippen molar-refractivity contribution in [3.05, 3.63) is 18.0 Å². The van der Waals surface area contributed by atoms with E-state index in [0.717, 1.165) is 6.42 Å². The number of aromatic carboxylic acids is 1. The number of carbonyl (C=O) groups is 1. The first-order chi connectivity index (χ1) is 9.63. The lowest BCUT2D eigenvalue weighted by atomic mass is 10.2. The summed E-state index contributed by atoms with van der Waals surface area (Å²) in [6, 6.07) is 1.20. The average molecular weight is 334 g/mol. The Bertz CT molecular complexity index is 606. The second kappa shape index (κ2) is 6.85. The van der Waals surface area contributed by atoms with Gasteiger partial charge in [-0.05, 0) is 32.6 Å². The van der Waals surface area contributed by atoms with Crippen molar-refractivity contribution in [2.24, 2.45) is 0 Å². The number of thioether (sulfide) groups is 1. The van der Waals surface area contributed by atoms with Gasteiger partial charge in [-0.25, -0.2) is 17.9 Å². The van der Waals surface area contributed by atoms with Gasteiger partial charge in [0, 0.05) is 24.0 Å². The molecule has 120 valence electrons. The minimum absolute atomic E-state index is 0.00902. The molecule has 0 unspecified atom stereocenters. The zero-order valence-corrected chi connectivity index (χ0v) is 14.3. The van der Waals surface area contributed by atoms with Crippen molar-refractivity contribution >= 4 is 27.8 Å². The van der Waals surface area contributed by atoms with E-state index in [0.29, 0.717) is 6.54 Å². The SMILES string of the molecule is CCCn1cc(S(=O)(=O)NCC(C)(C)SC)cc1C(=O)O. The van der Waals surface area contributed by atoms with Crippen LogP contribution in [0.5, 0.6) is 0 Å². The molecule has 21 heavy (non-hydrogen) atoms. The maximum absolute atomic E-state index is 12.3. The van der Waals surface area contributed by atoms with Crippen LogP contribution in [-0.4, -0.2) is 41.6 Å². The fraction of sp³-hybridized carbons (Fsp3) is 0.615. The molecule has 1 heterocycles. The summed E-state index contributed by atoms with van der Waals surface area (Å²) in [6.07, 6.45) is 4.01. The molecule has 8 heteroatoms. The lowest BCUT2D eigenvalue weighted by Gasteiger charge is -2.21. The minimum atomic E-state index is -3.70. The number of nitrogens with one attached hydrogen (secondary N) is 1. The lowest BCUT2D eigenvalue weighted by molar-refractivity contribution is 0.0685. The van der Waals surface area contributed by atoms with Crippen LogP contribution in [0.3, 0.4) is 0 Å². The summed E-state index contributed by atoms with van der Waals surface area (Å²) < 4.78 is 28.3. The number of hydrogen-bond donors (Lipinski definition) is 2. The van der Waals surface area contributed by atoms with E-state index in [1.807, 2.05) is 27.0 Å². The molecule has 2 N–H and O–H groups in total. The molecule has 1 aromatic rings. The summed E-state index contributed by atoms with van der Waals surface area (Å²) in [7, 11) is -3.70. The number of aromatic nitrogens is 1. The van der Waals surface area contributed by atoms with Crippen LogP contribution in [0.4, 0.5) is 0 Å². The molecule has 0 aliphatic rings. The summed E-state index contributed by atoms with van der Waals surface area (Å²) in [5.41, 5.74) is -0.0126. The smallest absolute Gasteiger partial charge is 0.352 e. The topological polar surface area (TPSA) is 88.4 Å². The predicted octanol–water partition coefficient (Wildman–Crippen LogP) is 2.02. The molecule has 0 fully saturated rings. The largest absolute Gasteiger partial charge is 0.477 e. The first-order valence-corrected chi connectivity index (χ1v) is 9.32. The monoisotopic (exact) mass is 334 g/mol. The highest BCUT2D eigenvalue weighted by Gasteiger charge is 2.24. The van der Waals surface area contributed by atoms with Crippen molar-refractivity contribution in [1.29, 1.82) is 0 Å². The van der Waals surface area contributed by atoms with Gasteiger partial charge in [-0.1, -0.05) is 6.92 Å². The van der Waals surface area contributed by atoms with Crippen LogP contribution in [0.15, 0.2) is 17.2 Å². The van der Waals surface area contributed by atoms with E-state index in [1.54, 1.807) is 11.8 Å². The highest BCUT2D eigenvalue weighted by Crippen LogP contribution is 2.21. The summed E-state index contributed by atoms with van der Waals surface area (Å²) in [5, 5.41) is 9.13. The van der Waals surface area contributed by atoms with E-state index >= 15 is 0 Å². The van der Waals surface area contributed by atoms with Crippen molar-refractivity contribution in [3.8, 4) is 0 Å². The number of carboxylic acids is 1. The summed E-state index contributed by atoms with van der Waals surface area (Å²) in [4.78, 5) is 11.2. The second-order valence-electron chi connectivity index (χ2n) is 5.35. The molecule has 0 aliphatic carbocycles. The van der Waals surface area contributed by atoms with Crippen molar-refractivity contribution in [3.63, 3.8) is 0 Å². The fourth-order valence-electron chi connectivity index (χ4n) is 1.66. The maximum Gasteiger partial charge on any atom is 0.352 e. The van der Waals surface area contributed by atoms with Crippen LogP contribution in [0.2, 0.25) is 0 Å². The van der Waals surface area contributed by atoms with Crippen LogP contribution in [-0.2, 0) is 16.6 Å². The van der Waals surface area contributed by atoms with E-state index < -0.39 is 16.0 Å². The van der Waals surface area contributed by atoms with E-state index in [-0.39, 0.29) is 21.9 Å². The molecule has 0 saturated heterocycles. The van der Waals surface area contributed by atoms with Gasteiger partial charge in [-0.2, -0.15) is 11.8 Å². The Balaban J connectivity index is 3.03.